The molecule has 0 aliphatic carbocycles. The van der Waals surface area contributed by atoms with Crippen LogP contribution >= 0.6 is 0 Å². The fraction of sp³-hybridized carbons (Fsp3) is 0.750. The van der Waals surface area contributed by atoms with Crippen molar-refractivity contribution in [2.24, 2.45) is 10.9 Å². The highest BCUT2D eigenvalue weighted by molar-refractivity contribution is 5.85. The maximum absolute atomic E-state index is 10.6. The molecule has 1 aliphatic heterocycles. The molecule has 0 fully saturated rings. The molecule has 3 N–H and O–H groups in total. The second-order valence-corrected chi connectivity index (χ2v) is 3.13. The van der Waals surface area contributed by atoms with Crippen molar-refractivity contribution in [1.29, 1.82) is 0 Å². The van der Waals surface area contributed by atoms with Gasteiger partial charge in [-0.1, -0.05) is 24.9 Å². The van der Waals surface area contributed by atoms with E-state index in [0.29, 0.717) is 0 Å². The van der Waals surface area contributed by atoms with Crippen LogP contribution in [-0.4, -0.2) is 23.6 Å². The number of hydrogen-bond acceptors (Lipinski definition) is 4. The minimum absolute atomic E-state index is 0.240. The van der Waals surface area contributed by atoms with Gasteiger partial charge < -0.3 is 10.6 Å². The first-order valence-electron chi connectivity index (χ1n) is 4.76. The van der Waals surface area contributed by atoms with Gasteiger partial charge in [-0.15, -0.1) is 0 Å². The third-order valence-corrected chi connectivity index (χ3v) is 1.92. The number of nitrogens with one attached hydrogen (secondary N) is 1. The number of nitrogens with two attached hydrogens (primary N) is 1. The molecule has 0 bridgehead atoms. The molecule has 2 amide bonds. The summed E-state index contributed by atoms with van der Waals surface area (Å²) in [4.78, 5) is 15.4. The molecule has 0 aromatic carbocycles. The van der Waals surface area contributed by atoms with E-state index in [1.165, 1.54) is 5.01 Å². The minimum Gasteiger partial charge on any atom is -0.370 e. The maximum atomic E-state index is 10.6. The molecule has 0 unspecified atom stereocenters. The number of unbranched alkanes of at least 4 members (excludes halogenated alkanes) is 2. The standard InChI is InChI=1S/C8H16N4O2/c1-2-3-4-5-7-11-14-6-12(7)10-8(9)13/h2-6H2,1H3,(H3,9,10,13). The molecule has 0 aromatic rings. The molecule has 6 nitrogen and oxygen atoms in total. The van der Waals surface area contributed by atoms with Crippen molar-refractivity contribution in [3.05, 3.63) is 0 Å². The summed E-state index contributed by atoms with van der Waals surface area (Å²) in [5.41, 5.74) is 7.42. The van der Waals surface area contributed by atoms with Crippen LogP contribution in [-0.2, 0) is 4.84 Å². The summed E-state index contributed by atoms with van der Waals surface area (Å²) in [6.07, 6.45) is 4.13. The van der Waals surface area contributed by atoms with Crippen molar-refractivity contribution in [2.45, 2.75) is 32.6 Å². The average Bonchev–Trinajstić information content (AvgIpc) is 2.52. The number of primary amides is 1. The zero-order valence-corrected chi connectivity index (χ0v) is 8.32. The number of hydrazine groups is 1. The highest BCUT2D eigenvalue weighted by Gasteiger charge is 2.18. The molecule has 0 atom stereocenters. The van der Waals surface area contributed by atoms with Gasteiger partial charge in [-0.2, -0.15) is 0 Å². The topological polar surface area (TPSA) is 79.9 Å². The molecule has 6 heteroatoms. The van der Waals surface area contributed by atoms with Crippen molar-refractivity contribution in [3.8, 4) is 0 Å². The van der Waals surface area contributed by atoms with Crippen LogP contribution < -0.4 is 11.2 Å². The fourth-order valence-corrected chi connectivity index (χ4v) is 1.23. The van der Waals surface area contributed by atoms with E-state index in [9.17, 15) is 4.79 Å². The Hall–Kier alpha value is -1.46. The highest BCUT2D eigenvalue weighted by atomic mass is 16.7. The van der Waals surface area contributed by atoms with E-state index in [4.69, 9.17) is 10.6 Å². The summed E-state index contributed by atoms with van der Waals surface area (Å²) in [6, 6.07) is -0.598. The Balaban J connectivity index is 2.31. The summed E-state index contributed by atoms with van der Waals surface area (Å²) in [7, 11) is 0. The number of carbonyl (C=O) groups is 1. The molecule has 80 valence electrons. The monoisotopic (exact) mass is 200 g/mol. The largest absolute Gasteiger partial charge is 0.370 e. The molecule has 0 aromatic heterocycles. The molecule has 14 heavy (non-hydrogen) atoms. The molecule has 1 rings (SSSR count). The van der Waals surface area contributed by atoms with Crippen LogP contribution in [0.3, 0.4) is 0 Å². The molecule has 0 saturated carbocycles. The van der Waals surface area contributed by atoms with Crippen LogP contribution in [0.5, 0.6) is 0 Å². The summed E-state index contributed by atoms with van der Waals surface area (Å²) in [5, 5.41) is 5.34. The summed E-state index contributed by atoms with van der Waals surface area (Å²) in [6.45, 7) is 2.37. The summed E-state index contributed by atoms with van der Waals surface area (Å²) in [5.74, 6) is 0.734. The number of urea groups is 1. The van der Waals surface area contributed by atoms with Crippen LogP contribution in [0.1, 0.15) is 32.6 Å². The van der Waals surface area contributed by atoms with E-state index in [1.807, 2.05) is 0 Å². The van der Waals surface area contributed by atoms with Crippen molar-refractivity contribution >= 4 is 11.9 Å². The number of rotatable bonds is 5. The predicted molar refractivity (Wildman–Crippen MR) is 52.1 cm³/mol. The molecule has 0 spiro atoms. The Labute approximate surface area is 83.0 Å². The lowest BCUT2D eigenvalue weighted by Gasteiger charge is -2.16. The third kappa shape index (κ3) is 3.12. The lowest BCUT2D eigenvalue weighted by Crippen LogP contribution is -2.46. The summed E-state index contributed by atoms with van der Waals surface area (Å²) < 4.78 is 0. The quantitative estimate of drug-likeness (QED) is 0.643. The molecular weight excluding hydrogens is 184 g/mol. The van der Waals surface area contributed by atoms with E-state index in [-0.39, 0.29) is 6.73 Å². The van der Waals surface area contributed by atoms with Crippen molar-refractivity contribution < 1.29 is 9.63 Å². The van der Waals surface area contributed by atoms with Gasteiger partial charge in [-0.3, -0.25) is 0 Å². The van der Waals surface area contributed by atoms with E-state index in [1.54, 1.807) is 0 Å². The highest BCUT2D eigenvalue weighted by Crippen LogP contribution is 2.08. The molecule has 0 saturated heterocycles. The molecule has 1 aliphatic rings. The van der Waals surface area contributed by atoms with Gasteiger partial charge in [0.15, 0.2) is 5.84 Å². The maximum Gasteiger partial charge on any atom is 0.331 e. The van der Waals surface area contributed by atoms with Crippen LogP contribution in [0.4, 0.5) is 4.79 Å². The van der Waals surface area contributed by atoms with Gasteiger partial charge in [0.1, 0.15) is 0 Å². The Kier molecular flexibility index (Phi) is 4.03. The van der Waals surface area contributed by atoms with Crippen molar-refractivity contribution in [2.75, 3.05) is 6.73 Å². The lowest BCUT2D eigenvalue weighted by atomic mass is 10.2. The fourth-order valence-electron chi connectivity index (χ4n) is 1.23. The second-order valence-electron chi connectivity index (χ2n) is 3.13. The number of nitrogens with zero attached hydrogens (tertiary/aromatic N) is 2. The minimum atomic E-state index is -0.598. The number of amides is 2. The van der Waals surface area contributed by atoms with Crippen LogP contribution in [0.15, 0.2) is 5.16 Å². The Bertz CT molecular complexity index is 229. The predicted octanol–water partition coefficient (Wildman–Crippen LogP) is 0.753. The van der Waals surface area contributed by atoms with Crippen LogP contribution in [0, 0.1) is 0 Å². The number of hydrogen-bond donors (Lipinski definition) is 2. The Morgan fingerprint density at radius 2 is 2.50 bits per heavy atom. The van der Waals surface area contributed by atoms with Crippen molar-refractivity contribution in [1.82, 2.24) is 10.4 Å². The normalized spacial score (nSPS) is 14.9. The van der Waals surface area contributed by atoms with E-state index < -0.39 is 6.03 Å². The first kappa shape index (κ1) is 10.6. The second kappa shape index (κ2) is 5.31. The first-order valence-corrected chi connectivity index (χ1v) is 4.76. The van der Waals surface area contributed by atoms with Crippen LogP contribution in [0.2, 0.25) is 0 Å². The summed E-state index contributed by atoms with van der Waals surface area (Å²) >= 11 is 0. The average molecular weight is 200 g/mol. The lowest BCUT2D eigenvalue weighted by molar-refractivity contribution is 0.0926. The van der Waals surface area contributed by atoms with Gasteiger partial charge in [0.25, 0.3) is 0 Å². The number of carbonyl (C=O) groups excluding carboxylic acids is 1. The van der Waals surface area contributed by atoms with Gasteiger partial charge in [0.05, 0.1) is 0 Å². The first-order chi connectivity index (χ1) is 6.74. The molecular formula is C8H16N4O2. The van der Waals surface area contributed by atoms with Crippen LogP contribution in [0.25, 0.3) is 0 Å². The third-order valence-electron chi connectivity index (χ3n) is 1.92. The van der Waals surface area contributed by atoms with Gasteiger partial charge in [0, 0.05) is 6.42 Å². The van der Waals surface area contributed by atoms with Crippen molar-refractivity contribution in [3.63, 3.8) is 0 Å². The Morgan fingerprint density at radius 3 is 3.14 bits per heavy atom. The zero-order chi connectivity index (χ0) is 10.4. The SMILES string of the molecule is CCCCCC1=NOCN1NC(N)=O. The van der Waals surface area contributed by atoms with Gasteiger partial charge >= 0.3 is 6.03 Å². The van der Waals surface area contributed by atoms with Gasteiger partial charge in [0.2, 0.25) is 6.73 Å². The van der Waals surface area contributed by atoms with E-state index >= 15 is 0 Å². The van der Waals surface area contributed by atoms with E-state index in [2.05, 4.69) is 17.5 Å². The van der Waals surface area contributed by atoms with Gasteiger partial charge in [-0.25, -0.2) is 15.2 Å². The number of oxime groups is 1. The van der Waals surface area contributed by atoms with E-state index in [0.717, 1.165) is 31.5 Å². The molecule has 1 heterocycles. The smallest absolute Gasteiger partial charge is 0.331 e. The number of amidine groups is 1. The molecule has 0 radical (unpaired) electrons. The zero-order valence-electron chi connectivity index (χ0n) is 8.32. The Morgan fingerprint density at radius 1 is 1.71 bits per heavy atom. The van der Waals surface area contributed by atoms with Gasteiger partial charge in [-0.05, 0) is 6.42 Å².